The van der Waals surface area contributed by atoms with Gasteiger partial charge in [0.05, 0.1) is 12.1 Å². The van der Waals surface area contributed by atoms with Crippen LogP contribution in [0.15, 0.2) is 42.5 Å². The molecule has 0 radical (unpaired) electrons. The van der Waals surface area contributed by atoms with E-state index in [9.17, 15) is 9.59 Å². The minimum atomic E-state index is -0.301. The van der Waals surface area contributed by atoms with Crippen molar-refractivity contribution in [1.29, 1.82) is 0 Å². The van der Waals surface area contributed by atoms with Gasteiger partial charge in [-0.05, 0) is 59.3 Å². The molecule has 0 unspecified atom stereocenters. The van der Waals surface area contributed by atoms with Crippen LogP contribution in [0.5, 0.6) is 0 Å². The topological polar surface area (TPSA) is 58.2 Å². The predicted molar refractivity (Wildman–Crippen MR) is 96.3 cm³/mol. The van der Waals surface area contributed by atoms with E-state index >= 15 is 0 Å². The number of anilines is 1. The average molecular weight is 429 g/mol. The number of carbonyl (C=O) groups excluding carboxylic acids is 2. The second-order valence-corrected chi connectivity index (χ2v) is 6.19. The average Bonchev–Trinajstić information content (AvgIpc) is 2.50. The Morgan fingerprint density at radius 2 is 1.86 bits per heavy atom. The first-order valence-electron chi connectivity index (χ1n) is 6.56. The summed E-state index contributed by atoms with van der Waals surface area (Å²) in [6.07, 6.45) is 0. The third kappa shape index (κ3) is 4.20. The molecule has 2 aromatic rings. The highest BCUT2D eigenvalue weighted by molar-refractivity contribution is 14.1. The number of rotatable bonds is 4. The van der Waals surface area contributed by atoms with Crippen LogP contribution >= 0.6 is 34.2 Å². The second kappa shape index (κ2) is 7.60. The number of amides is 2. The molecule has 2 N–H and O–H groups in total. The van der Waals surface area contributed by atoms with Gasteiger partial charge in [0.15, 0.2) is 0 Å². The molecule has 0 bridgehead atoms. The minimum absolute atomic E-state index is 0.101. The first-order chi connectivity index (χ1) is 10.5. The molecule has 0 aliphatic heterocycles. The van der Waals surface area contributed by atoms with Gasteiger partial charge in [-0.1, -0.05) is 29.8 Å². The van der Waals surface area contributed by atoms with Crippen molar-refractivity contribution in [2.45, 2.75) is 6.92 Å². The highest BCUT2D eigenvalue weighted by atomic mass is 127. The molecule has 22 heavy (non-hydrogen) atoms. The lowest BCUT2D eigenvalue weighted by atomic mass is 10.2. The molecular formula is C16H14ClIN2O2. The van der Waals surface area contributed by atoms with Crippen molar-refractivity contribution in [3.63, 3.8) is 0 Å². The summed E-state index contributed by atoms with van der Waals surface area (Å²) in [5.41, 5.74) is 1.98. The number of hydrogen-bond donors (Lipinski definition) is 2. The zero-order valence-electron chi connectivity index (χ0n) is 11.8. The Bertz CT molecular complexity index is 719. The van der Waals surface area contributed by atoms with Crippen LogP contribution < -0.4 is 10.6 Å². The molecule has 0 aromatic heterocycles. The van der Waals surface area contributed by atoms with Crippen LogP contribution in [0.2, 0.25) is 5.02 Å². The van der Waals surface area contributed by atoms with Crippen molar-refractivity contribution in [2.75, 3.05) is 11.9 Å². The lowest BCUT2D eigenvalue weighted by Crippen LogP contribution is -2.33. The molecule has 6 heteroatoms. The Balaban J connectivity index is 1.95. The third-order valence-electron chi connectivity index (χ3n) is 3.07. The zero-order chi connectivity index (χ0) is 16.1. The van der Waals surface area contributed by atoms with Crippen molar-refractivity contribution in [3.8, 4) is 0 Å². The molecule has 114 valence electrons. The van der Waals surface area contributed by atoms with Crippen LogP contribution in [-0.4, -0.2) is 18.4 Å². The summed E-state index contributed by atoms with van der Waals surface area (Å²) in [4.78, 5) is 24.0. The number of nitrogens with one attached hydrogen (secondary N) is 2. The number of carbonyl (C=O) groups is 2. The maximum absolute atomic E-state index is 12.0. The minimum Gasteiger partial charge on any atom is -0.343 e. The Kier molecular flexibility index (Phi) is 5.79. The van der Waals surface area contributed by atoms with Crippen LogP contribution in [0.4, 0.5) is 5.69 Å². The van der Waals surface area contributed by atoms with Crippen LogP contribution in [-0.2, 0) is 4.79 Å². The maximum Gasteiger partial charge on any atom is 0.252 e. The van der Waals surface area contributed by atoms with Gasteiger partial charge in [-0.25, -0.2) is 0 Å². The van der Waals surface area contributed by atoms with Gasteiger partial charge in [-0.15, -0.1) is 0 Å². The first-order valence-corrected chi connectivity index (χ1v) is 8.02. The van der Waals surface area contributed by atoms with E-state index in [1.54, 1.807) is 30.3 Å². The van der Waals surface area contributed by atoms with E-state index < -0.39 is 0 Å². The van der Waals surface area contributed by atoms with Crippen LogP contribution in [0.1, 0.15) is 15.9 Å². The van der Waals surface area contributed by atoms with E-state index in [1.165, 1.54) is 0 Å². The zero-order valence-corrected chi connectivity index (χ0v) is 14.7. The smallest absolute Gasteiger partial charge is 0.252 e. The fourth-order valence-electron chi connectivity index (χ4n) is 1.84. The van der Waals surface area contributed by atoms with Crippen LogP contribution in [0, 0.1) is 10.5 Å². The molecule has 0 aliphatic rings. The van der Waals surface area contributed by atoms with Crippen molar-refractivity contribution in [1.82, 2.24) is 5.32 Å². The molecule has 2 rings (SSSR count). The maximum atomic E-state index is 12.0. The summed E-state index contributed by atoms with van der Waals surface area (Å²) in [7, 11) is 0. The molecule has 2 aromatic carbocycles. The molecular weight excluding hydrogens is 415 g/mol. The van der Waals surface area contributed by atoms with Crippen molar-refractivity contribution < 1.29 is 9.59 Å². The molecule has 2 amide bonds. The normalized spacial score (nSPS) is 10.1. The highest BCUT2D eigenvalue weighted by Crippen LogP contribution is 2.22. The first kappa shape index (κ1) is 16.8. The SMILES string of the molecule is Cc1c(Cl)cccc1NC(=O)CNC(=O)c1ccccc1I. The van der Waals surface area contributed by atoms with Crippen molar-refractivity contribution in [3.05, 3.63) is 62.2 Å². The summed E-state index contributed by atoms with van der Waals surface area (Å²) in [5.74, 6) is -0.576. The number of benzene rings is 2. The van der Waals surface area contributed by atoms with E-state index in [0.29, 0.717) is 16.3 Å². The Labute approximate surface area is 147 Å². The largest absolute Gasteiger partial charge is 0.343 e. The lowest BCUT2D eigenvalue weighted by molar-refractivity contribution is -0.115. The van der Waals surface area contributed by atoms with E-state index in [4.69, 9.17) is 11.6 Å². The summed E-state index contributed by atoms with van der Waals surface area (Å²) in [5, 5.41) is 5.92. The summed E-state index contributed by atoms with van der Waals surface area (Å²) in [6, 6.07) is 12.5. The number of halogens is 2. The van der Waals surface area contributed by atoms with Gasteiger partial charge < -0.3 is 10.6 Å². The standard InChI is InChI=1S/C16H14ClIN2O2/c1-10-12(17)6-4-8-14(10)20-15(21)9-19-16(22)11-5-2-3-7-13(11)18/h2-8H,9H2,1H3,(H,19,22)(H,20,21). The monoisotopic (exact) mass is 428 g/mol. The fourth-order valence-corrected chi connectivity index (χ4v) is 2.65. The van der Waals surface area contributed by atoms with Crippen molar-refractivity contribution >= 4 is 51.7 Å². The van der Waals surface area contributed by atoms with Gasteiger partial charge in [-0.2, -0.15) is 0 Å². The Hall–Kier alpha value is -1.60. The molecule has 0 saturated carbocycles. The van der Waals surface area contributed by atoms with Gasteiger partial charge in [0.1, 0.15) is 0 Å². The fraction of sp³-hybridized carbons (Fsp3) is 0.125. The molecule has 0 heterocycles. The predicted octanol–water partition coefficient (Wildman–Crippen LogP) is 3.62. The molecule has 0 fully saturated rings. The summed E-state index contributed by atoms with van der Waals surface area (Å²) < 4.78 is 0.837. The second-order valence-electron chi connectivity index (χ2n) is 4.62. The van der Waals surface area contributed by atoms with E-state index in [1.807, 2.05) is 19.1 Å². The molecule has 0 atom stereocenters. The number of hydrogen-bond acceptors (Lipinski definition) is 2. The van der Waals surface area contributed by atoms with Crippen molar-refractivity contribution in [2.24, 2.45) is 0 Å². The van der Waals surface area contributed by atoms with Gasteiger partial charge >= 0.3 is 0 Å². The van der Waals surface area contributed by atoms with Crippen LogP contribution in [0.25, 0.3) is 0 Å². The molecule has 0 spiro atoms. The highest BCUT2D eigenvalue weighted by Gasteiger charge is 2.11. The van der Waals surface area contributed by atoms with Gasteiger partial charge in [-0.3, -0.25) is 9.59 Å². The van der Waals surface area contributed by atoms with E-state index in [-0.39, 0.29) is 18.4 Å². The van der Waals surface area contributed by atoms with Gasteiger partial charge in [0.2, 0.25) is 5.91 Å². The quantitative estimate of drug-likeness (QED) is 0.731. The van der Waals surface area contributed by atoms with Crippen LogP contribution in [0.3, 0.4) is 0 Å². The summed E-state index contributed by atoms with van der Waals surface area (Å²) in [6.45, 7) is 1.72. The molecule has 0 saturated heterocycles. The molecule has 4 nitrogen and oxygen atoms in total. The van der Waals surface area contributed by atoms with Gasteiger partial charge in [0.25, 0.3) is 5.91 Å². The Morgan fingerprint density at radius 1 is 1.14 bits per heavy atom. The third-order valence-corrected chi connectivity index (χ3v) is 4.42. The lowest BCUT2D eigenvalue weighted by Gasteiger charge is -2.10. The van der Waals surface area contributed by atoms with E-state index in [0.717, 1.165) is 9.13 Å². The Morgan fingerprint density at radius 3 is 2.59 bits per heavy atom. The summed E-state index contributed by atoms with van der Waals surface area (Å²) >= 11 is 8.08. The van der Waals surface area contributed by atoms with E-state index in [2.05, 4.69) is 33.2 Å². The molecule has 0 aliphatic carbocycles. The van der Waals surface area contributed by atoms with Gasteiger partial charge in [0, 0.05) is 14.3 Å².